The van der Waals surface area contributed by atoms with Gasteiger partial charge in [-0.3, -0.25) is 0 Å². The van der Waals surface area contributed by atoms with Gasteiger partial charge in [-0.2, -0.15) is 0 Å². The summed E-state index contributed by atoms with van der Waals surface area (Å²) in [6, 6.07) is 87.7. The summed E-state index contributed by atoms with van der Waals surface area (Å²) in [5, 5.41) is 9.80. The molecule has 13 rings (SSSR count). The number of nitrogens with zero attached hydrogens (tertiary/aromatic N) is 2. The van der Waals surface area contributed by atoms with E-state index in [0.29, 0.717) is 0 Å². The van der Waals surface area contributed by atoms with E-state index >= 15 is 0 Å². The second-order valence-corrected chi connectivity index (χ2v) is 16.9. The van der Waals surface area contributed by atoms with E-state index in [2.05, 4.69) is 240 Å². The average molecular weight is 829 g/mol. The van der Waals surface area contributed by atoms with E-state index in [4.69, 9.17) is 4.42 Å². The fourth-order valence-electron chi connectivity index (χ4n) is 10.1. The van der Waals surface area contributed by atoms with Crippen LogP contribution in [0.15, 0.2) is 247 Å². The van der Waals surface area contributed by atoms with E-state index in [-0.39, 0.29) is 0 Å². The molecule has 0 N–H and O–H groups in total. The van der Waals surface area contributed by atoms with Gasteiger partial charge in [0.1, 0.15) is 11.2 Å². The first-order chi connectivity index (χ1) is 32.2. The Labute approximate surface area is 376 Å². The van der Waals surface area contributed by atoms with Gasteiger partial charge in [0, 0.05) is 50.2 Å². The highest BCUT2D eigenvalue weighted by Gasteiger charge is 2.18. The van der Waals surface area contributed by atoms with E-state index in [1.807, 2.05) is 12.1 Å². The summed E-state index contributed by atoms with van der Waals surface area (Å²) in [6.07, 6.45) is 0. The molecule has 0 bridgehead atoms. The number of rotatable bonds is 7. The quantitative estimate of drug-likeness (QED) is 0.149. The molecular weight excluding hydrogens is 789 g/mol. The fraction of sp³-hybridized carbons (Fsp3) is 0. The van der Waals surface area contributed by atoms with E-state index in [1.54, 1.807) is 0 Å². The Morgan fingerprint density at radius 3 is 1.57 bits per heavy atom. The predicted octanol–water partition coefficient (Wildman–Crippen LogP) is 17.5. The first-order valence-corrected chi connectivity index (χ1v) is 22.2. The summed E-state index contributed by atoms with van der Waals surface area (Å²) in [6.45, 7) is 0. The van der Waals surface area contributed by atoms with Crippen LogP contribution in [0.4, 0.5) is 17.1 Å². The summed E-state index contributed by atoms with van der Waals surface area (Å²) in [7, 11) is 0. The van der Waals surface area contributed by atoms with Gasteiger partial charge in [-0.1, -0.05) is 164 Å². The molecule has 0 unspecified atom stereocenters. The lowest BCUT2D eigenvalue weighted by atomic mass is 9.97. The van der Waals surface area contributed by atoms with Crippen LogP contribution in [-0.4, -0.2) is 4.57 Å². The van der Waals surface area contributed by atoms with Crippen molar-refractivity contribution in [3.63, 3.8) is 0 Å². The number of benzene rings is 11. The molecule has 0 fully saturated rings. The first-order valence-electron chi connectivity index (χ1n) is 22.2. The fourth-order valence-corrected chi connectivity index (χ4v) is 10.1. The van der Waals surface area contributed by atoms with Crippen LogP contribution >= 0.6 is 0 Å². The predicted molar refractivity (Wildman–Crippen MR) is 274 cm³/mol. The van der Waals surface area contributed by atoms with Crippen LogP contribution in [0.25, 0.3) is 104 Å². The van der Waals surface area contributed by atoms with Crippen molar-refractivity contribution in [3.8, 4) is 39.1 Å². The monoisotopic (exact) mass is 828 g/mol. The van der Waals surface area contributed by atoms with Gasteiger partial charge in [-0.05, 0) is 122 Å². The number of furan rings is 1. The van der Waals surface area contributed by atoms with Crippen LogP contribution in [-0.2, 0) is 0 Å². The Morgan fingerprint density at radius 2 is 0.815 bits per heavy atom. The summed E-state index contributed by atoms with van der Waals surface area (Å²) in [5.41, 5.74) is 15.5. The van der Waals surface area contributed by atoms with Crippen molar-refractivity contribution in [2.75, 3.05) is 4.90 Å². The maximum absolute atomic E-state index is 6.42. The van der Waals surface area contributed by atoms with Gasteiger partial charge in [0.05, 0.1) is 16.7 Å². The maximum atomic E-state index is 6.42. The van der Waals surface area contributed by atoms with Crippen LogP contribution in [0.3, 0.4) is 0 Å². The van der Waals surface area contributed by atoms with Crippen molar-refractivity contribution in [3.05, 3.63) is 243 Å². The molecule has 0 amide bonds. The van der Waals surface area contributed by atoms with Gasteiger partial charge in [0.25, 0.3) is 0 Å². The highest BCUT2D eigenvalue weighted by atomic mass is 16.3. The highest BCUT2D eigenvalue weighted by molar-refractivity contribution is 6.11. The van der Waals surface area contributed by atoms with Crippen molar-refractivity contribution in [1.82, 2.24) is 4.57 Å². The molecule has 3 heteroatoms. The molecule has 304 valence electrons. The zero-order valence-electron chi connectivity index (χ0n) is 35.4. The standard InChI is InChI=1S/C62H40N2O/c1-2-15-51-43(12-1)24-25-47-39-45(30-36-52(47)51)42-28-33-49(34-29-42)63(50-35-37-57-56-19-6-10-23-61(56)65-62(57)40-50)48-31-26-41(27-32-48)44-13-11-14-46(38-44)53-16-3-7-20-58(53)64-59-21-8-4-17-54(59)55-18-5-9-22-60(55)64/h1-40H. The van der Waals surface area contributed by atoms with E-state index in [9.17, 15) is 0 Å². The molecule has 0 aliphatic heterocycles. The Balaban J connectivity index is 0.877. The van der Waals surface area contributed by atoms with Crippen LogP contribution in [0.5, 0.6) is 0 Å². The number of hydrogen-bond acceptors (Lipinski definition) is 2. The Hall–Kier alpha value is -8.66. The molecule has 13 aromatic rings. The number of para-hydroxylation sites is 4. The summed E-state index contributed by atoms with van der Waals surface area (Å²) in [4.78, 5) is 2.32. The van der Waals surface area contributed by atoms with Crippen molar-refractivity contribution in [2.24, 2.45) is 0 Å². The second-order valence-electron chi connectivity index (χ2n) is 16.9. The zero-order chi connectivity index (χ0) is 42.8. The Kier molecular flexibility index (Phi) is 8.53. The van der Waals surface area contributed by atoms with E-state index in [1.165, 1.54) is 65.6 Å². The third kappa shape index (κ3) is 6.20. The smallest absolute Gasteiger partial charge is 0.137 e. The van der Waals surface area contributed by atoms with E-state index < -0.39 is 0 Å². The molecule has 0 saturated carbocycles. The minimum Gasteiger partial charge on any atom is -0.456 e. The molecule has 3 nitrogen and oxygen atoms in total. The Morgan fingerprint density at radius 1 is 0.292 bits per heavy atom. The van der Waals surface area contributed by atoms with Crippen molar-refractivity contribution in [1.29, 1.82) is 0 Å². The summed E-state index contributed by atoms with van der Waals surface area (Å²) < 4.78 is 8.84. The SMILES string of the molecule is c1cc(-c2ccc(N(c3ccc(-c4ccc5c(ccc6ccccc65)c4)cc3)c3ccc4c(c3)oc3ccccc34)cc2)cc(-c2ccccc2-n2c3ccccc3c3ccccc32)c1. The maximum Gasteiger partial charge on any atom is 0.137 e. The minimum absolute atomic E-state index is 0.864. The first kappa shape index (κ1) is 36.9. The molecular formula is C62H40N2O. The van der Waals surface area contributed by atoms with Gasteiger partial charge in [-0.25, -0.2) is 0 Å². The van der Waals surface area contributed by atoms with Crippen molar-refractivity contribution < 1.29 is 4.42 Å². The van der Waals surface area contributed by atoms with Crippen LogP contribution < -0.4 is 4.90 Å². The van der Waals surface area contributed by atoms with Crippen molar-refractivity contribution in [2.45, 2.75) is 0 Å². The lowest BCUT2D eigenvalue weighted by Gasteiger charge is -2.26. The van der Waals surface area contributed by atoms with Gasteiger partial charge in [0.15, 0.2) is 0 Å². The highest BCUT2D eigenvalue weighted by Crippen LogP contribution is 2.42. The lowest BCUT2D eigenvalue weighted by Crippen LogP contribution is -2.09. The van der Waals surface area contributed by atoms with Gasteiger partial charge in [0.2, 0.25) is 0 Å². The number of hydrogen-bond donors (Lipinski definition) is 0. The van der Waals surface area contributed by atoms with Gasteiger partial charge in [-0.15, -0.1) is 0 Å². The van der Waals surface area contributed by atoms with Gasteiger partial charge < -0.3 is 13.9 Å². The summed E-state index contributed by atoms with van der Waals surface area (Å²) >= 11 is 0. The second kappa shape index (κ2) is 15.0. The molecule has 2 heterocycles. The minimum atomic E-state index is 0.864. The largest absolute Gasteiger partial charge is 0.456 e. The average Bonchev–Trinajstić information content (AvgIpc) is 3.92. The lowest BCUT2D eigenvalue weighted by molar-refractivity contribution is 0.669. The number of fused-ring (bicyclic) bond motifs is 9. The van der Waals surface area contributed by atoms with Crippen LogP contribution in [0.1, 0.15) is 0 Å². The third-order valence-corrected chi connectivity index (χ3v) is 13.2. The van der Waals surface area contributed by atoms with Crippen LogP contribution in [0, 0.1) is 0 Å². The normalized spacial score (nSPS) is 11.7. The number of aromatic nitrogens is 1. The van der Waals surface area contributed by atoms with E-state index in [0.717, 1.165) is 55.8 Å². The molecule has 0 atom stereocenters. The molecule has 2 aromatic heterocycles. The molecule has 11 aromatic carbocycles. The van der Waals surface area contributed by atoms with Crippen molar-refractivity contribution >= 4 is 82.4 Å². The Bertz CT molecular complexity index is 3900. The molecule has 0 aliphatic rings. The number of anilines is 3. The topological polar surface area (TPSA) is 21.3 Å². The molecule has 0 spiro atoms. The molecule has 65 heavy (non-hydrogen) atoms. The van der Waals surface area contributed by atoms with Gasteiger partial charge >= 0.3 is 0 Å². The summed E-state index contributed by atoms with van der Waals surface area (Å²) in [5.74, 6) is 0. The van der Waals surface area contributed by atoms with Crippen LogP contribution in [0.2, 0.25) is 0 Å². The molecule has 0 saturated heterocycles. The zero-order valence-corrected chi connectivity index (χ0v) is 35.4. The molecule has 0 aliphatic carbocycles. The molecule has 0 radical (unpaired) electrons. The third-order valence-electron chi connectivity index (χ3n) is 13.2.